The van der Waals surface area contributed by atoms with E-state index < -0.39 is 6.09 Å². The number of hydrogen-bond acceptors (Lipinski definition) is 5. The van der Waals surface area contributed by atoms with Crippen LogP contribution in [0.25, 0.3) is 10.8 Å². The summed E-state index contributed by atoms with van der Waals surface area (Å²) in [7, 11) is 0. The van der Waals surface area contributed by atoms with Crippen LogP contribution in [0, 0.1) is 0 Å². The predicted octanol–water partition coefficient (Wildman–Crippen LogP) is 2.09. The highest BCUT2D eigenvalue weighted by atomic mass is 16.5. The molecule has 0 aromatic heterocycles. The van der Waals surface area contributed by atoms with E-state index >= 15 is 0 Å². The van der Waals surface area contributed by atoms with Gasteiger partial charge in [0.2, 0.25) is 5.91 Å². The van der Waals surface area contributed by atoms with Crippen LogP contribution in [0.3, 0.4) is 0 Å². The zero-order chi connectivity index (χ0) is 22.5. The van der Waals surface area contributed by atoms with Gasteiger partial charge in [0.25, 0.3) is 0 Å². The van der Waals surface area contributed by atoms with Crippen LogP contribution < -0.4 is 16.4 Å². The van der Waals surface area contributed by atoms with Crippen LogP contribution in [0.1, 0.15) is 29.0 Å². The SMILES string of the molecule is NNC(=O)Cc1ccc(C2CCN(C(=O)[O-])CC2OCc2ccc3ccccc3c2)cc1. The van der Waals surface area contributed by atoms with E-state index in [0.29, 0.717) is 19.6 Å². The molecule has 0 bridgehead atoms. The number of nitrogens with zero attached hydrogens (tertiary/aromatic N) is 1. The molecular weight excluding hydrogens is 406 g/mol. The van der Waals surface area contributed by atoms with Gasteiger partial charge in [0.15, 0.2) is 0 Å². The molecule has 1 heterocycles. The Labute approximate surface area is 186 Å². The second-order valence-corrected chi connectivity index (χ2v) is 8.12. The molecule has 0 spiro atoms. The summed E-state index contributed by atoms with van der Waals surface area (Å²) in [6, 6.07) is 22.1. The zero-order valence-electron chi connectivity index (χ0n) is 17.7. The van der Waals surface area contributed by atoms with Crippen LogP contribution in [0.15, 0.2) is 66.7 Å². The van der Waals surface area contributed by atoms with Gasteiger partial charge >= 0.3 is 0 Å². The van der Waals surface area contributed by atoms with E-state index in [-0.39, 0.29) is 30.9 Å². The minimum absolute atomic E-state index is 0.0449. The van der Waals surface area contributed by atoms with Crippen molar-refractivity contribution < 1.29 is 19.4 Å². The molecule has 2 amide bonds. The van der Waals surface area contributed by atoms with Crippen LogP contribution in [0.2, 0.25) is 0 Å². The Morgan fingerprint density at radius 2 is 1.75 bits per heavy atom. The molecule has 166 valence electrons. The van der Waals surface area contributed by atoms with Crippen molar-refractivity contribution in [1.82, 2.24) is 10.3 Å². The Kier molecular flexibility index (Phi) is 6.68. The molecule has 7 nitrogen and oxygen atoms in total. The molecule has 0 radical (unpaired) electrons. The van der Waals surface area contributed by atoms with Crippen LogP contribution in [-0.4, -0.2) is 36.1 Å². The number of carboxylic acid groups (broad SMARTS) is 1. The molecule has 2 unspecified atom stereocenters. The lowest BCUT2D eigenvalue weighted by molar-refractivity contribution is -0.268. The second-order valence-electron chi connectivity index (χ2n) is 8.12. The Morgan fingerprint density at radius 1 is 1.03 bits per heavy atom. The van der Waals surface area contributed by atoms with Gasteiger partial charge in [-0.2, -0.15) is 0 Å². The second kappa shape index (κ2) is 9.80. The number of nitrogens with two attached hydrogens (primary N) is 1. The van der Waals surface area contributed by atoms with Crippen LogP contribution in [-0.2, 0) is 22.6 Å². The number of carbonyl (C=O) groups is 2. The van der Waals surface area contributed by atoms with Gasteiger partial charge in [-0.05, 0) is 39.9 Å². The number of benzene rings is 3. The van der Waals surface area contributed by atoms with E-state index in [2.05, 4.69) is 29.7 Å². The average molecular weight is 433 g/mol. The molecule has 2 atom stereocenters. The molecular formula is C25H26N3O4-. The minimum atomic E-state index is -1.18. The molecule has 3 aromatic rings. The first-order valence-corrected chi connectivity index (χ1v) is 10.7. The summed E-state index contributed by atoms with van der Waals surface area (Å²) in [5.41, 5.74) is 5.09. The fraction of sp³-hybridized carbons (Fsp3) is 0.280. The largest absolute Gasteiger partial charge is 0.530 e. The van der Waals surface area contributed by atoms with Crippen molar-refractivity contribution in [2.45, 2.75) is 31.5 Å². The molecule has 1 aliphatic heterocycles. The van der Waals surface area contributed by atoms with Gasteiger partial charge in [-0.25, -0.2) is 5.84 Å². The topological polar surface area (TPSA) is 108 Å². The lowest BCUT2D eigenvalue weighted by Gasteiger charge is -2.40. The molecule has 7 heteroatoms. The highest BCUT2D eigenvalue weighted by Crippen LogP contribution is 2.31. The first-order chi connectivity index (χ1) is 15.5. The third-order valence-electron chi connectivity index (χ3n) is 6.03. The number of rotatable bonds is 6. The number of likely N-dealkylation sites (tertiary alicyclic amines) is 1. The summed E-state index contributed by atoms with van der Waals surface area (Å²) in [5.74, 6) is 4.95. The third-order valence-corrected chi connectivity index (χ3v) is 6.03. The fourth-order valence-electron chi connectivity index (χ4n) is 4.28. The number of hydrazine groups is 1. The summed E-state index contributed by atoms with van der Waals surface area (Å²) in [6.07, 6.45) is -0.627. The molecule has 3 aromatic carbocycles. The number of carbonyl (C=O) groups excluding carboxylic acids is 2. The van der Waals surface area contributed by atoms with Crippen molar-refractivity contribution in [3.05, 3.63) is 83.4 Å². The van der Waals surface area contributed by atoms with Gasteiger partial charge in [-0.3, -0.25) is 10.2 Å². The van der Waals surface area contributed by atoms with Crippen molar-refractivity contribution in [3.8, 4) is 0 Å². The summed E-state index contributed by atoms with van der Waals surface area (Å²) in [5, 5.41) is 13.8. The van der Waals surface area contributed by atoms with Crippen molar-refractivity contribution in [2.75, 3.05) is 13.1 Å². The highest BCUT2D eigenvalue weighted by Gasteiger charge is 2.31. The van der Waals surface area contributed by atoms with E-state index in [0.717, 1.165) is 22.1 Å². The maximum atomic E-state index is 11.5. The molecule has 0 saturated carbocycles. The van der Waals surface area contributed by atoms with E-state index in [1.807, 2.05) is 42.5 Å². The number of fused-ring (bicyclic) bond motifs is 1. The first-order valence-electron chi connectivity index (χ1n) is 10.7. The van der Waals surface area contributed by atoms with Crippen molar-refractivity contribution in [2.24, 2.45) is 5.84 Å². The summed E-state index contributed by atoms with van der Waals surface area (Å²) in [4.78, 5) is 24.3. The highest BCUT2D eigenvalue weighted by molar-refractivity contribution is 5.83. The number of piperidine rings is 1. The standard InChI is InChI=1S/C25H27N3O4/c26-27-24(29)14-17-5-9-20(10-6-17)22-11-12-28(25(30)31)15-23(22)32-16-18-7-8-19-3-1-2-4-21(19)13-18/h1-10,13,22-23H,11-12,14-16,26H2,(H,27,29)(H,30,31)/p-1. The number of hydrogen-bond donors (Lipinski definition) is 2. The monoisotopic (exact) mass is 432 g/mol. The molecule has 4 rings (SSSR count). The molecule has 1 saturated heterocycles. The predicted molar refractivity (Wildman–Crippen MR) is 119 cm³/mol. The zero-order valence-corrected chi connectivity index (χ0v) is 17.7. The van der Waals surface area contributed by atoms with Crippen LogP contribution in [0.4, 0.5) is 4.79 Å². The third kappa shape index (κ3) is 5.07. The lowest BCUT2D eigenvalue weighted by atomic mass is 9.86. The van der Waals surface area contributed by atoms with Crippen LogP contribution in [0.5, 0.6) is 0 Å². The Balaban J connectivity index is 1.50. The van der Waals surface area contributed by atoms with Gasteiger partial charge in [0.05, 0.1) is 19.1 Å². The van der Waals surface area contributed by atoms with Crippen LogP contribution >= 0.6 is 0 Å². The van der Waals surface area contributed by atoms with E-state index in [4.69, 9.17) is 10.6 Å². The fourth-order valence-corrected chi connectivity index (χ4v) is 4.28. The number of ether oxygens (including phenoxy) is 1. The van der Waals surface area contributed by atoms with Gasteiger partial charge in [-0.15, -0.1) is 0 Å². The minimum Gasteiger partial charge on any atom is -0.530 e. The Bertz CT molecular complexity index is 1100. The normalized spacial score (nSPS) is 18.5. The number of amides is 2. The maximum Gasteiger partial charge on any atom is 0.238 e. The Morgan fingerprint density at radius 3 is 2.47 bits per heavy atom. The quantitative estimate of drug-likeness (QED) is 0.352. The van der Waals surface area contributed by atoms with Gasteiger partial charge in [0, 0.05) is 19.0 Å². The molecule has 1 aliphatic rings. The summed E-state index contributed by atoms with van der Waals surface area (Å²) < 4.78 is 6.26. The van der Waals surface area contributed by atoms with E-state index in [1.165, 1.54) is 10.3 Å². The van der Waals surface area contributed by atoms with Gasteiger partial charge < -0.3 is 19.5 Å². The lowest BCUT2D eigenvalue weighted by Crippen LogP contribution is -2.51. The smallest absolute Gasteiger partial charge is 0.238 e. The maximum absolute atomic E-state index is 11.5. The first kappa shape index (κ1) is 21.8. The molecule has 1 fully saturated rings. The van der Waals surface area contributed by atoms with Crippen molar-refractivity contribution >= 4 is 22.8 Å². The summed E-state index contributed by atoms with van der Waals surface area (Å²) in [6.45, 7) is 1.06. The van der Waals surface area contributed by atoms with E-state index in [9.17, 15) is 14.7 Å². The van der Waals surface area contributed by atoms with Crippen molar-refractivity contribution in [3.63, 3.8) is 0 Å². The van der Waals surface area contributed by atoms with E-state index in [1.54, 1.807) is 0 Å². The summed E-state index contributed by atoms with van der Waals surface area (Å²) >= 11 is 0. The molecule has 32 heavy (non-hydrogen) atoms. The Hall–Kier alpha value is -3.42. The average Bonchev–Trinajstić information content (AvgIpc) is 2.83. The number of nitrogens with one attached hydrogen (secondary N) is 1. The molecule has 3 N–H and O–H groups in total. The molecule has 0 aliphatic carbocycles. The van der Waals surface area contributed by atoms with Gasteiger partial charge in [0.1, 0.15) is 6.09 Å². The van der Waals surface area contributed by atoms with Crippen molar-refractivity contribution in [1.29, 1.82) is 0 Å². The van der Waals surface area contributed by atoms with Gasteiger partial charge in [-0.1, -0.05) is 60.7 Å².